The van der Waals surface area contributed by atoms with E-state index >= 15 is 0 Å². The predicted octanol–water partition coefficient (Wildman–Crippen LogP) is 2.35. The Morgan fingerprint density at radius 1 is 1.12 bits per heavy atom. The molecule has 9 nitrogen and oxygen atoms in total. The van der Waals surface area contributed by atoms with Crippen LogP contribution in [0, 0.1) is 11.8 Å². The summed E-state index contributed by atoms with van der Waals surface area (Å²) in [6, 6.07) is 10.8. The number of ether oxygens (including phenoxy) is 5. The van der Waals surface area contributed by atoms with E-state index in [9.17, 15) is 9.59 Å². The Balaban J connectivity index is 1.21. The van der Waals surface area contributed by atoms with E-state index < -0.39 is 23.5 Å². The van der Waals surface area contributed by atoms with Gasteiger partial charge in [-0.2, -0.15) is 0 Å². The number of carbonyl (C=O) groups is 2. The molecule has 2 fully saturated rings. The van der Waals surface area contributed by atoms with Crippen molar-refractivity contribution in [2.45, 2.75) is 18.2 Å². The molecular weight excluding hydrogens is 440 g/mol. The van der Waals surface area contributed by atoms with Gasteiger partial charge in [-0.15, -0.1) is 0 Å². The molecule has 2 aromatic carbocycles. The van der Waals surface area contributed by atoms with Gasteiger partial charge in [0.05, 0.1) is 38.7 Å². The molecule has 0 saturated carbocycles. The zero-order valence-corrected chi connectivity index (χ0v) is 18.8. The lowest BCUT2D eigenvalue weighted by Crippen LogP contribution is -2.41. The highest BCUT2D eigenvalue weighted by atomic mass is 16.7. The molecule has 176 valence electrons. The quantitative estimate of drug-likeness (QED) is 0.656. The van der Waals surface area contributed by atoms with Gasteiger partial charge in [-0.25, -0.2) is 0 Å². The van der Waals surface area contributed by atoms with Gasteiger partial charge in [-0.3, -0.25) is 9.59 Å². The lowest BCUT2D eigenvalue weighted by Gasteiger charge is -2.23. The molecule has 6 rings (SSSR count). The molecule has 4 heterocycles. The smallest absolute Gasteiger partial charge is 0.231 e. The first kappa shape index (κ1) is 20.9. The van der Waals surface area contributed by atoms with Crippen molar-refractivity contribution in [1.29, 1.82) is 0 Å². The van der Waals surface area contributed by atoms with Gasteiger partial charge < -0.3 is 33.9 Å². The van der Waals surface area contributed by atoms with Gasteiger partial charge in [0.15, 0.2) is 23.0 Å². The van der Waals surface area contributed by atoms with Gasteiger partial charge in [0, 0.05) is 18.3 Å². The van der Waals surface area contributed by atoms with E-state index in [0.717, 1.165) is 5.56 Å². The summed E-state index contributed by atoms with van der Waals surface area (Å²) in [7, 11) is 3.09. The first-order valence-electron chi connectivity index (χ1n) is 11.1. The van der Waals surface area contributed by atoms with Crippen molar-refractivity contribution in [2.24, 2.45) is 11.8 Å². The molecule has 2 bridgehead atoms. The Morgan fingerprint density at radius 2 is 1.94 bits per heavy atom. The van der Waals surface area contributed by atoms with Crippen LogP contribution in [0.15, 0.2) is 48.6 Å². The molecule has 2 amide bonds. The molecule has 34 heavy (non-hydrogen) atoms. The molecule has 0 unspecified atom stereocenters. The monoisotopic (exact) mass is 464 g/mol. The molecule has 4 aliphatic rings. The molecule has 9 heteroatoms. The van der Waals surface area contributed by atoms with E-state index in [1.807, 2.05) is 30.4 Å². The van der Waals surface area contributed by atoms with Crippen LogP contribution in [0.25, 0.3) is 0 Å². The number of fused-ring (bicyclic) bond motifs is 2. The van der Waals surface area contributed by atoms with Gasteiger partial charge in [0.25, 0.3) is 0 Å². The molecule has 2 saturated heterocycles. The molecule has 0 aliphatic carbocycles. The highest BCUT2D eigenvalue weighted by molar-refractivity contribution is 5.99. The number of amides is 2. The van der Waals surface area contributed by atoms with Crippen molar-refractivity contribution in [3.8, 4) is 23.0 Å². The average Bonchev–Trinajstić information content (AvgIpc) is 3.60. The van der Waals surface area contributed by atoms with Crippen molar-refractivity contribution in [3.05, 3.63) is 54.1 Å². The van der Waals surface area contributed by atoms with Crippen LogP contribution in [0.3, 0.4) is 0 Å². The maximum Gasteiger partial charge on any atom is 0.231 e. The second-order valence-electron chi connectivity index (χ2n) is 8.84. The summed E-state index contributed by atoms with van der Waals surface area (Å²) < 4.78 is 27.6. The summed E-state index contributed by atoms with van der Waals surface area (Å²) in [4.78, 5) is 28.6. The lowest BCUT2D eigenvalue weighted by molar-refractivity contribution is -0.136. The lowest BCUT2D eigenvalue weighted by atomic mass is 9.77. The molecule has 0 aromatic heterocycles. The van der Waals surface area contributed by atoms with Gasteiger partial charge in [0.1, 0.15) is 5.60 Å². The van der Waals surface area contributed by atoms with Gasteiger partial charge in [0.2, 0.25) is 18.6 Å². The number of nitrogens with zero attached hydrogens (tertiary/aromatic N) is 1. The zero-order chi connectivity index (χ0) is 23.4. The zero-order valence-electron chi connectivity index (χ0n) is 18.8. The third kappa shape index (κ3) is 3.11. The van der Waals surface area contributed by atoms with Crippen molar-refractivity contribution in [3.63, 3.8) is 0 Å². The Labute approximate surface area is 196 Å². The normalized spacial score (nSPS) is 27.8. The van der Waals surface area contributed by atoms with Crippen LogP contribution < -0.4 is 24.3 Å². The fraction of sp³-hybridized carbons (Fsp3) is 0.360. The topological polar surface area (TPSA) is 95.6 Å². The summed E-state index contributed by atoms with van der Waals surface area (Å²) in [6.07, 6.45) is 3.41. The minimum Gasteiger partial charge on any atom is -0.493 e. The van der Waals surface area contributed by atoms with Crippen molar-refractivity contribution in [1.82, 2.24) is 4.90 Å². The summed E-state index contributed by atoms with van der Waals surface area (Å²) in [5.74, 6) is 0.909. The standard InChI is InChI=1S/C25H24N2O7/c1-30-16-6-4-15(10-19(16)31-2)26-23(28)21-18-7-8-25(34-18)12-27(24(29)22(21)25)11-14-3-5-17-20(9-14)33-13-32-17/h3-10,18,21-22H,11-13H2,1-2H3,(H,26,28)/t18-,21-,22-,25-/m1/s1. The van der Waals surface area contributed by atoms with Crippen molar-refractivity contribution < 1.29 is 33.3 Å². The highest BCUT2D eigenvalue weighted by Crippen LogP contribution is 2.52. The van der Waals surface area contributed by atoms with E-state index in [1.54, 1.807) is 30.2 Å². The summed E-state index contributed by atoms with van der Waals surface area (Å²) >= 11 is 0. The van der Waals surface area contributed by atoms with E-state index in [-0.39, 0.29) is 18.6 Å². The molecule has 4 aliphatic heterocycles. The number of anilines is 1. The van der Waals surface area contributed by atoms with E-state index in [4.69, 9.17) is 23.7 Å². The van der Waals surface area contributed by atoms with Gasteiger partial charge in [-0.05, 0) is 29.8 Å². The molecule has 0 radical (unpaired) electrons. The van der Waals surface area contributed by atoms with Crippen LogP contribution in [0.1, 0.15) is 5.56 Å². The first-order valence-corrected chi connectivity index (χ1v) is 11.1. The van der Waals surface area contributed by atoms with Gasteiger partial charge >= 0.3 is 0 Å². The minimum atomic E-state index is -0.780. The molecular formula is C25H24N2O7. The Hall–Kier alpha value is -3.72. The Morgan fingerprint density at radius 3 is 2.76 bits per heavy atom. The van der Waals surface area contributed by atoms with E-state index in [0.29, 0.717) is 41.8 Å². The second-order valence-corrected chi connectivity index (χ2v) is 8.84. The molecule has 1 spiro atoms. The summed E-state index contributed by atoms with van der Waals surface area (Å²) in [5.41, 5.74) is 0.711. The largest absolute Gasteiger partial charge is 0.493 e. The number of hydrogen-bond acceptors (Lipinski definition) is 7. The van der Waals surface area contributed by atoms with E-state index in [2.05, 4.69) is 5.32 Å². The van der Waals surface area contributed by atoms with Crippen LogP contribution in [-0.4, -0.2) is 56.0 Å². The fourth-order valence-corrected chi connectivity index (χ4v) is 5.41. The fourth-order valence-electron chi connectivity index (χ4n) is 5.41. The number of nitrogens with one attached hydrogen (secondary N) is 1. The van der Waals surface area contributed by atoms with Crippen LogP contribution in [-0.2, 0) is 20.9 Å². The molecule has 1 N–H and O–H groups in total. The Bertz CT molecular complexity index is 1210. The van der Waals surface area contributed by atoms with Crippen molar-refractivity contribution >= 4 is 17.5 Å². The maximum atomic E-state index is 13.5. The number of hydrogen-bond donors (Lipinski definition) is 1. The van der Waals surface area contributed by atoms with Crippen LogP contribution in [0.5, 0.6) is 23.0 Å². The number of rotatable bonds is 6. The number of carbonyl (C=O) groups excluding carboxylic acids is 2. The van der Waals surface area contributed by atoms with Crippen LogP contribution >= 0.6 is 0 Å². The Kier molecular flexibility index (Phi) is 4.70. The van der Waals surface area contributed by atoms with Crippen LogP contribution in [0.2, 0.25) is 0 Å². The number of benzene rings is 2. The second kappa shape index (κ2) is 7.66. The number of likely N-dealkylation sites (tertiary alicyclic amines) is 1. The molecule has 2 aromatic rings. The first-order chi connectivity index (χ1) is 16.5. The summed E-state index contributed by atoms with van der Waals surface area (Å²) in [5, 5.41) is 2.93. The minimum absolute atomic E-state index is 0.0861. The molecule has 4 atom stereocenters. The SMILES string of the molecule is COc1ccc(NC(=O)[C@@H]2[C@H]3C=C[C@]4(CN(Cc5ccc6c(c5)OCO6)C(=O)[C@@H]24)O3)cc1OC. The van der Waals surface area contributed by atoms with Gasteiger partial charge in [-0.1, -0.05) is 18.2 Å². The van der Waals surface area contributed by atoms with Crippen molar-refractivity contribution in [2.75, 3.05) is 32.9 Å². The predicted molar refractivity (Wildman–Crippen MR) is 120 cm³/mol. The van der Waals surface area contributed by atoms with E-state index in [1.165, 1.54) is 7.11 Å². The summed E-state index contributed by atoms with van der Waals surface area (Å²) in [6.45, 7) is 1.00. The third-order valence-electron chi connectivity index (χ3n) is 6.94. The maximum absolute atomic E-state index is 13.5. The third-order valence-corrected chi connectivity index (χ3v) is 6.94. The number of methoxy groups -OCH3 is 2. The van der Waals surface area contributed by atoms with Crippen LogP contribution in [0.4, 0.5) is 5.69 Å². The highest BCUT2D eigenvalue weighted by Gasteiger charge is 2.66. The average molecular weight is 464 g/mol.